The second-order valence-corrected chi connectivity index (χ2v) is 5.84. The number of nitrogens with one attached hydrogen (secondary N) is 1. The number of benzene rings is 1. The van der Waals surface area contributed by atoms with Gasteiger partial charge in [-0.3, -0.25) is 9.59 Å². The molecule has 5 heteroatoms. The molecule has 1 rings (SSSR count). The van der Waals surface area contributed by atoms with Crippen molar-refractivity contribution < 1.29 is 9.59 Å². The molecule has 0 aromatic heterocycles. The number of anilines is 1. The Morgan fingerprint density at radius 1 is 1.33 bits per heavy atom. The molecule has 0 heterocycles. The number of nitrogens with zero attached hydrogens (tertiary/aromatic N) is 2. The van der Waals surface area contributed by atoms with Gasteiger partial charge in [0.15, 0.2) is 0 Å². The van der Waals surface area contributed by atoms with Crippen LogP contribution in [0.25, 0.3) is 0 Å². The van der Waals surface area contributed by atoms with E-state index in [0.29, 0.717) is 24.3 Å². The predicted octanol–water partition coefficient (Wildman–Crippen LogP) is 2.07. The van der Waals surface area contributed by atoms with Gasteiger partial charge in [-0.25, -0.2) is 0 Å². The molecular weight excluding hydrogens is 266 g/mol. The van der Waals surface area contributed by atoms with Crippen molar-refractivity contribution in [1.29, 1.82) is 5.26 Å². The molecule has 0 unspecified atom stereocenters. The first-order chi connectivity index (χ1) is 9.75. The number of rotatable bonds is 4. The number of hydrogen-bond donors (Lipinski definition) is 1. The van der Waals surface area contributed by atoms with Crippen LogP contribution in [0.3, 0.4) is 0 Å². The summed E-state index contributed by atoms with van der Waals surface area (Å²) < 4.78 is 0. The Bertz CT molecular complexity index is 568. The van der Waals surface area contributed by atoms with E-state index in [9.17, 15) is 9.59 Å². The van der Waals surface area contributed by atoms with Crippen molar-refractivity contribution in [3.63, 3.8) is 0 Å². The minimum atomic E-state index is -0.457. The number of nitriles is 1. The third-order valence-corrected chi connectivity index (χ3v) is 2.97. The molecule has 0 spiro atoms. The maximum atomic E-state index is 11.8. The zero-order valence-corrected chi connectivity index (χ0v) is 12.9. The highest BCUT2D eigenvalue weighted by molar-refractivity contribution is 5.91. The topological polar surface area (TPSA) is 73.2 Å². The van der Waals surface area contributed by atoms with Crippen LogP contribution in [0.5, 0.6) is 0 Å². The third-order valence-electron chi connectivity index (χ3n) is 2.97. The normalized spacial score (nSPS) is 10.6. The van der Waals surface area contributed by atoms with Gasteiger partial charge in [0.1, 0.15) is 0 Å². The maximum Gasteiger partial charge on any atom is 0.225 e. The lowest BCUT2D eigenvalue weighted by molar-refractivity contribution is -0.128. The van der Waals surface area contributed by atoms with E-state index in [0.717, 1.165) is 0 Å². The van der Waals surface area contributed by atoms with Gasteiger partial charge in [-0.15, -0.1) is 0 Å². The van der Waals surface area contributed by atoms with Gasteiger partial charge in [0.2, 0.25) is 11.8 Å². The average Bonchev–Trinajstić information content (AvgIpc) is 2.41. The van der Waals surface area contributed by atoms with Gasteiger partial charge in [-0.2, -0.15) is 5.26 Å². The van der Waals surface area contributed by atoms with Crippen LogP contribution < -0.4 is 10.2 Å². The van der Waals surface area contributed by atoms with Crippen molar-refractivity contribution in [2.45, 2.75) is 27.7 Å². The van der Waals surface area contributed by atoms with Crippen LogP contribution in [-0.2, 0) is 9.59 Å². The summed E-state index contributed by atoms with van der Waals surface area (Å²) in [5.74, 6) is -0.188. The Balaban J connectivity index is 2.74. The molecule has 2 amide bonds. The van der Waals surface area contributed by atoms with Gasteiger partial charge in [0.05, 0.1) is 11.6 Å². The van der Waals surface area contributed by atoms with Crippen LogP contribution in [0.1, 0.15) is 33.3 Å². The highest BCUT2D eigenvalue weighted by atomic mass is 16.2. The van der Waals surface area contributed by atoms with Crippen LogP contribution >= 0.6 is 0 Å². The van der Waals surface area contributed by atoms with Crippen molar-refractivity contribution in [2.24, 2.45) is 5.41 Å². The number of hydrogen-bond acceptors (Lipinski definition) is 3. The largest absolute Gasteiger partial charge is 0.354 e. The number of carbonyl (C=O) groups excluding carboxylic acids is 2. The fourth-order valence-corrected chi connectivity index (χ4v) is 1.76. The summed E-state index contributed by atoms with van der Waals surface area (Å²) in [6.07, 6.45) is 0. The lowest BCUT2D eigenvalue weighted by atomic mass is 9.96. The third kappa shape index (κ3) is 4.92. The predicted molar refractivity (Wildman–Crippen MR) is 81.6 cm³/mol. The summed E-state index contributed by atoms with van der Waals surface area (Å²) in [5.41, 5.74) is 0.700. The van der Waals surface area contributed by atoms with Gasteiger partial charge >= 0.3 is 0 Å². The molecule has 0 bridgehead atoms. The molecule has 0 aliphatic carbocycles. The molecule has 0 radical (unpaired) electrons. The molecular formula is C16H21N3O2. The molecule has 0 fully saturated rings. The molecule has 1 N–H and O–H groups in total. The minimum absolute atomic E-state index is 0.0585. The zero-order valence-electron chi connectivity index (χ0n) is 12.9. The van der Waals surface area contributed by atoms with Crippen LogP contribution in [0.15, 0.2) is 24.3 Å². The average molecular weight is 287 g/mol. The Morgan fingerprint density at radius 3 is 2.52 bits per heavy atom. The first kappa shape index (κ1) is 16.7. The van der Waals surface area contributed by atoms with Crippen LogP contribution in [0, 0.1) is 16.7 Å². The lowest BCUT2D eigenvalue weighted by Crippen LogP contribution is -2.41. The molecule has 0 saturated carbocycles. The first-order valence-corrected chi connectivity index (χ1v) is 6.82. The van der Waals surface area contributed by atoms with Crippen molar-refractivity contribution in [3.05, 3.63) is 29.8 Å². The lowest BCUT2D eigenvalue weighted by Gasteiger charge is -2.23. The van der Waals surface area contributed by atoms with E-state index in [4.69, 9.17) is 5.26 Å². The molecule has 1 aromatic rings. The molecule has 5 nitrogen and oxygen atoms in total. The number of carbonyl (C=O) groups is 2. The first-order valence-electron chi connectivity index (χ1n) is 6.82. The Hall–Kier alpha value is -2.35. The van der Waals surface area contributed by atoms with Crippen LogP contribution in [-0.4, -0.2) is 24.9 Å². The Morgan fingerprint density at radius 2 is 2.00 bits per heavy atom. The molecule has 0 aliphatic rings. The van der Waals surface area contributed by atoms with E-state index in [2.05, 4.69) is 5.32 Å². The van der Waals surface area contributed by atoms with Gasteiger partial charge in [0.25, 0.3) is 0 Å². The molecule has 1 aromatic carbocycles. The van der Waals surface area contributed by atoms with Crippen molar-refractivity contribution >= 4 is 17.5 Å². The Kier molecular flexibility index (Phi) is 5.48. The number of amides is 2. The van der Waals surface area contributed by atoms with E-state index in [1.807, 2.05) is 26.8 Å². The minimum Gasteiger partial charge on any atom is -0.354 e. The van der Waals surface area contributed by atoms with Crippen LogP contribution in [0.4, 0.5) is 5.69 Å². The SMILES string of the molecule is CC(=O)N(CCNC(=O)C(C)(C)C)c1cccc(C#N)c1. The smallest absolute Gasteiger partial charge is 0.225 e. The summed E-state index contributed by atoms with van der Waals surface area (Å²) in [5, 5.41) is 11.7. The molecule has 0 atom stereocenters. The quantitative estimate of drug-likeness (QED) is 0.921. The van der Waals surface area contributed by atoms with Crippen molar-refractivity contribution in [3.8, 4) is 6.07 Å². The Labute approximate surface area is 125 Å². The highest BCUT2D eigenvalue weighted by Gasteiger charge is 2.21. The summed E-state index contributed by atoms with van der Waals surface area (Å²) in [4.78, 5) is 25.1. The highest BCUT2D eigenvalue weighted by Crippen LogP contribution is 2.16. The summed E-state index contributed by atoms with van der Waals surface area (Å²) in [6.45, 7) is 7.70. The molecule has 0 aliphatic heterocycles. The maximum absolute atomic E-state index is 11.8. The van der Waals surface area contributed by atoms with Crippen molar-refractivity contribution in [1.82, 2.24) is 5.32 Å². The zero-order chi connectivity index (χ0) is 16.0. The van der Waals surface area contributed by atoms with Gasteiger partial charge < -0.3 is 10.2 Å². The second-order valence-electron chi connectivity index (χ2n) is 5.84. The van der Waals surface area contributed by atoms with Gasteiger partial charge in [-0.05, 0) is 18.2 Å². The fraction of sp³-hybridized carbons (Fsp3) is 0.438. The summed E-state index contributed by atoms with van der Waals surface area (Å²) in [7, 11) is 0. The van der Waals surface area contributed by atoms with Gasteiger partial charge in [0, 0.05) is 31.1 Å². The van der Waals surface area contributed by atoms with E-state index >= 15 is 0 Å². The standard InChI is InChI=1S/C16H21N3O2/c1-12(20)19(9-8-18-15(21)16(2,3)4)14-7-5-6-13(10-14)11-17/h5-7,10H,8-9H2,1-4H3,(H,18,21). The van der Waals surface area contributed by atoms with Crippen LogP contribution in [0.2, 0.25) is 0 Å². The summed E-state index contributed by atoms with van der Waals surface area (Å²) >= 11 is 0. The monoisotopic (exact) mass is 287 g/mol. The fourth-order valence-electron chi connectivity index (χ4n) is 1.76. The van der Waals surface area contributed by atoms with Crippen molar-refractivity contribution in [2.75, 3.05) is 18.0 Å². The van der Waals surface area contributed by atoms with E-state index in [1.165, 1.54) is 6.92 Å². The second kappa shape index (κ2) is 6.89. The summed E-state index contributed by atoms with van der Waals surface area (Å²) in [6, 6.07) is 8.90. The van der Waals surface area contributed by atoms with E-state index in [1.54, 1.807) is 29.2 Å². The van der Waals surface area contributed by atoms with Gasteiger partial charge in [-0.1, -0.05) is 26.8 Å². The van der Waals surface area contributed by atoms with E-state index < -0.39 is 5.41 Å². The molecule has 21 heavy (non-hydrogen) atoms. The molecule has 112 valence electrons. The molecule has 0 saturated heterocycles. The van der Waals surface area contributed by atoms with E-state index in [-0.39, 0.29) is 11.8 Å².